The standard InChI is InChI=1S/C14H15N3O2/c18-14(19)12-13(15-10-6-2-1-3-7-10)16-11-8-4-5-9-17(11)12/h1-2,4-5,8-10,15H,3,6-7H2,(H,18,19). The van der Waals surface area contributed by atoms with Crippen molar-refractivity contribution >= 4 is 17.4 Å². The van der Waals surface area contributed by atoms with Crippen molar-refractivity contribution in [2.45, 2.75) is 25.3 Å². The Hall–Kier alpha value is -2.30. The average molecular weight is 257 g/mol. The van der Waals surface area contributed by atoms with E-state index in [1.165, 1.54) is 0 Å². The fraction of sp³-hybridized carbons (Fsp3) is 0.286. The minimum Gasteiger partial charge on any atom is -0.476 e. The summed E-state index contributed by atoms with van der Waals surface area (Å²) in [5.41, 5.74) is 0.846. The van der Waals surface area contributed by atoms with Crippen molar-refractivity contribution < 1.29 is 9.90 Å². The summed E-state index contributed by atoms with van der Waals surface area (Å²) >= 11 is 0. The first kappa shape index (κ1) is 11.8. The number of hydrogen-bond acceptors (Lipinski definition) is 3. The van der Waals surface area contributed by atoms with Gasteiger partial charge in [-0.3, -0.25) is 4.40 Å². The van der Waals surface area contributed by atoms with Gasteiger partial charge in [-0.2, -0.15) is 0 Å². The van der Waals surface area contributed by atoms with Crippen molar-refractivity contribution in [3.63, 3.8) is 0 Å². The third-order valence-electron chi connectivity index (χ3n) is 3.34. The lowest BCUT2D eigenvalue weighted by Gasteiger charge is -2.19. The number of nitrogens with one attached hydrogen (secondary N) is 1. The van der Waals surface area contributed by atoms with Crippen LogP contribution in [0.1, 0.15) is 29.8 Å². The highest BCUT2D eigenvalue weighted by Gasteiger charge is 2.20. The fourth-order valence-corrected chi connectivity index (χ4v) is 2.42. The first-order valence-electron chi connectivity index (χ1n) is 6.37. The van der Waals surface area contributed by atoms with E-state index in [9.17, 15) is 9.90 Å². The van der Waals surface area contributed by atoms with Crippen molar-refractivity contribution in [3.05, 3.63) is 42.2 Å². The van der Waals surface area contributed by atoms with E-state index in [4.69, 9.17) is 0 Å². The lowest BCUT2D eigenvalue weighted by atomic mass is 10.0. The summed E-state index contributed by atoms with van der Waals surface area (Å²) in [5, 5.41) is 12.6. The maximum Gasteiger partial charge on any atom is 0.356 e. The lowest BCUT2D eigenvalue weighted by Crippen LogP contribution is -2.22. The number of pyridine rings is 1. The molecule has 0 aliphatic heterocycles. The van der Waals surface area contributed by atoms with Crippen molar-refractivity contribution in [1.29, 1.82) is 0 Å². The number of fused-ring (bicyclic) bond motifs is 1. The first-order chi connectivity index (χ1) is 9.25. The van der Waals surface area contributed by atoms with E-state index in [1.54, 1.807) is 22.7 Å². The summed E-state index contributed by atoms with van der Waals surface area (Å²) in [6.07, 6.45) is 8.93. The highest BCUT2D eigenvalue weighted by atomic mass is 16.4. The van der Waals surface area contributed by atoms with E-state index in [1.807, 2.05) is 6.07 Å². The van der Waals surface area contributed by atoms with Gasteiger partial charge in [-0.25, -0.2) is 9.78 Å². The summed E-state index contributed by atoms with van der Waals surface area (Å²) in [6.45, 7) is 0. The molecule has 2 aromatic heterocycles. The molecular weight excluding hydrogens is 242 g/mol. The Morgan fingerprint density at radius 1 is 1.42 bits per heavy atom. The molecule has 0 fully saturated rings. The Morgan fingerprint density at radius 2 is 2.32 bits per heavy atom. The molecule has 1 aliphatic carbocycles. The van der Waals surface area contributed by atoms with Gasteiger partial charge in [0.1, 0.15) is 5.65 Å². The molecule has 0 bridgehead atoms. The van der Waals surface area contributed by atoms with Gasteiger partial charge in [-0.15, -0.1) is 0 Å². The molecule has 1 aliphatic rings. The lowest BCUT2D eigenvalue weighted by molar-refractivity contribution is 0.0690. The van der Waals surface area contributed by atoms with Crippen LogP contribution in [-0.4, -0.2) is 26.5 Å². The van der Waals surface area contributed by atoms with E-state index in [0.717, 1.165) is 19.3 Å². The van der Waals surface area contributed by atoms with Crippen LogP contribution in [0.15, 0.2) is 36.5 Å². The van der Waals surface area contributed by atoms with Gasteiger partial charge in [0, 0.05) is 12.2 Å². The van der Waals surface area contributed by atoms with Crippen molar-refractivity contribution in [2.24, 2.45) is 0 Å². The number of carboxylic acid groups (broad SMARTS) is 1. The Bertz CT molecular complexity index is 645. The van der Waals surface area contributed by atoms with Gasteiger partial charge in [-0.05, 0) is 31.4 Å². The molecule has 1 unspecified atom stereocenters. The average Bonchev–Trinajstić information content (AvgIpc) is 2.77. The molecule has 0 saturated carbocycles. The second-order valence-electron chi connectivity index (χ2n) is 4.67. The van der Waals surface area contributed by atoms with Crippen LogP contribution in [0.25, 0.3) is 5.65 Å². The molecule has 1 atom stereocenters. The smallest absolute Gasteiger partial charge is 0.356 e. The maximum absolute atomic E-state index is 11.4. The zero-order valence-corrected chi connectivity index (χ0v) is 10.4. The molecule has 3 rings (SSSR count). The SMILES string of the molecule is O=C(O)c1c(NC2CC=CCC2)nc2ccccn12. The molecule has 0 spiro atoms. The number of rotatable bonds is 3. The monoisotopic (exact) mass is 257 g/mol. The van der Waals surface area contributed by atoms with Gasteiger partial charge in [0.2, 0.25) is 0 Å². The van der Waals surface area contributed by atoms with Crippen LogP contribution < -0.4 is 5.32 Å². The topological polar surface area (TPSA) is 66.6 Å². The Kier molecular flexibility index (Phi) is 2.95. The van der Waals surface area contributed by atoms with Crippen LogP contribution >= 0.6 is 0 Å². The molecule has 0 saturated heterocycles. The third kappa shape index (κ3) is 2.19. The Balaban J connectivity index is 1.99. The molecule has 0 aromatic carbocycles. The van der Waals surface area contributed by atoms with E-state index in [2.05, 4.69) is 22.5 Å². The van der Waals surface area contributed by atoms with Crippen molar-refractivity contribution in [1.82, 2.24) is 9.38 Å². The second-order valence-corrected chi connectivity index (χ2v) is 4.67. The van der Waals surface area contributed by atoms with Gasteiger partial charge in [0.15, 0.2) is 11.5 Å². The van der Waals surface area contributed by atoms with Crippen LogP contribution in [0, 0.1) is 0 Å². The molecule has 5 nitrogen and oxygen atoms in total. The predicted octanol–water partition coefficient (Wildman–Crippen LogP) is 2.55. The molecule has 98 valence electrons. The highest BCUT2D eigenvalue weighted by molar-refractivity contribution is 5.93. The van der Waals surface area contributed by atoms with Gasteiger partial charge >= 0.3 is 5.97 Å². The highest BCUT2D eigenvalue weighted by Crippen LogP contribution is 2.21. The number of carbonyl (C=O) groups is 1. The molecule has 19 heavy (non-hydrogen) atoms. The van der Waals surface area contributed by atoms with Crippen LogP contribution in [-0.2, 0) is 0 Å². The van der Waals surface area contributed by atoms with Crippen LogP contribution in [0.5, 0.6) is 0 Å². The molecule has 0 radical (unpaired) electrons. The van der Waals surface area contributed by atoms with Crippen molar-refractivity contribution in [2.75, 3.05) is 5.32 Å². The summed E-state index contributed by atoms with van der Waals surface area (Å²) in [4.78, 5) is 15.8. The number of allylic oxidation sites excluding steroid dienone is 1. The number of aromatic nitrogens is 2. The molecule has 5 heteroatoms. The molecule has 0 amide bonds. The third-order valence-corrected chi connectivity index (χ3v) is 3.34. The molecule has 2 N–H and O–H groups in total. The summed E-state index contributed by atoms with van der Waals surface area (Å²) < 4.78 is 1.60. The molecule has 2 heterocycles. The Labute approximate surface area is 110 Å². The van der Waals surface area contributed by atoms with E-state index < -0.39 is 5.97 Å². The predicted molar refractivity (Wildman–Crippen MR) is 72.6 cm³/mol. The minimum atomic E-state index is -0.965. The Morgan fingerprint density at radius 3 is 3.05 bits per heavy atom. The van der Waals surface area contributed by atoms with E-state index >= 15 is 0 Å². The maximum atomic E-state index is 11.4. The number of imidazole rings is 1. The fourth-order valence-electron chi connectivity index (χ4n) is 2.42. The normalized spacial score (nSPS) is 18.6. The zero-order valence-electron chi connectivity index (χ0n) is 10.4. The minimum absolute atomic E-state index is 0.199. The number of carboxylic acids is 1. The van der Waals surface area contributed by atoms with Gasteiger partial charge in [0.05, 0.1) is 0 Å². The van der Waals surface area contributed by atoms with Gasteiger partial charge < -0.3 is 10.4 Å². The number of anilines is 1. The van der Waals surface area contributed by atoms with E-state index in [-0.39, 0.29) is 11.7 Å². The quantitative estimate of drug-likeness (QED) is 0.829. The largest absolute Gasteiger partial charge is 0.476 e. The number of nitrogens with zero attached hydrogens (tertiary/aromatic N) is 2. The summed E-state index contributed by atoms with van der Waals surface area (Å²) in [5.74, 6) is -0.508. The second kappa shape index (κ2) is 4.76. The van der Waals surface area contributed by atoms with Crippen molar-refractivity contribution in [3.8, 4) is 0 Å². The van der Waals surface area contributed by atoms with Crippen LogP contribution in [0.2, 0.25) is 0 Å². The van der Waals surface area contributed by atoms with Crippen LogP contribution in [0.3, 0.4) is 0 Å². The summed E-state index contributed by atoms with van der Waals surface area (Å²) in [7, 11) is 0. The summed E-state index contributed by atoms with van der Waals surface area (Å²) in [6, 6.07) is 5.71. The molecule has 2 aromatic rings. The van der Waals surface area contributed by atoms with Crippen LogP contribution in [0.4, 0.5) is 5.82 Å². The van der Waals surface area contributed by atoms with Gasteiger partial charge in [0.25, 0.3) is 0 Å². The van der Waals surface area contributed by atoms with E-state index in [0.29, 0.717) is 11.5 Å². The zero-order chi connectivity index (χ0) is 13.2. The number of aromatic carboxylic acids is 1. The number of hydrogen-bond donors (Lipinski definition) is 2. The first-order valence-corrected chi connectivity index (χ1v) is 6.37. The molecular formula is C14H15N3O2. The van der Waals surface area contributed by atoms with Gasteiger partial charge in [-0.1, -0.05) is 18.2 Å².